The van der Waals surface area contributed by atoms with Crippen molar-refractivity contribution in [3.63, 3.8) is 0 Å². The lowest BCUT2D eigenvalue weighted by Crippen LogP contribution is -2.06. The Morgan fingerprint density at radius 1 is 1.28 bits per heavy atom. The van der Waals surface area contributed by atoms with Crippen LogP contribution in [0, 0.1) is 5.92 Å². The molecular weight excluding hydrogens is 228 g/mol. The van der Waals surface area contributed by atoms with E-state index in [1.54, 1.807) is 16.8 Å². The summed E-state index contributed by atoms with van der Waals surface area (Å²) < 4.78 is 1.78. The number of nitrogen functional groups attached to an aromatic ring is 2. The summed E-state index contributed by atoms with van der Waals surface area (Å²) in [6.07, 6.45) is 1.02. The number of nitrogens with two attached hydrogens (primary N) is 2. The summed E-state index contributed by atoms with van der Waals surface area (Å²) in [5, 5.41) is 11.7. The van der Waals surface area contributed by atoms with Crippen LogP contribution in [0.5, 0.6) is 0 Å². The minimum atomic E-state index is 0.593. The molecule has 0 unspecified atom stereocenters. The smallest absolute Gasteiger partial charge is 0.184 e. The second kappa shape index (κ2) is 5.03. The molecule has 18 heavy (non-hydrogen) atoms. The van der Waals surface area contributed by atoms with Gasteiger partial charge in [-0.25, -0.2) is 4.68 Å². The van der Waals surface area contributed by atoms with Gasteiger partial charge in [0.25, 0.3) is 0 Å². The van der Waals surface area contributed by atoms with Gasteiger partial charge in [-0.2, -0.15) is 0 Å². The molecular formula is C12H18N6. The van der Waals surface area contributed by atoms with Crippen molar-refractivity contribution in [2.24, 2.45) is 5.92 Å². The maximum Gasteiger partial charge on any atom is 0.184 e. The molecule has 0 radical (unpaired) electrons. The number of nitrogens with zero attached hydrogens (tertiary/aromatic N) is 4. The lowest BCUT2D eigenvalue weighted by Gasteiger charge is -2.08. The van der Waals surface area contributed by atoms with Crippen LogP contribution >= 0.6 is 0 Å². The molecule has 0 fully saturated rings. The molecule has 1 heterocycles. The first kappa shape index (κ1) is 12.3. The van der Waals surface area contributed by atoms with E-state index in [1.807, 2.05) is 6.07 Å². The van der Waals surface area contributed by atoms with Crippen LogP contribution in [0.2, 0.25) is 0 Å². The zero-order valence-electron chi connectivity index (χ0n) is 10.7. The van der Waals surface area contributed by atoms with Crippen LogP contribution in [0.3, 0.4) is 0 Å². The number of aryl methyl sites for hydroxylation is 1. The zero-order valence-corrected chi connectivity index (χ0v) is 10.7. The molecule has 0 saturated carbocycles. The molecule has 0 aliphatic rings. The van der Waals surface area contributed by atoms with Gasteiger partial charge in [0.05, 0.1) is 0 Å². The van der Waals surface area contributed by atoms with Crippen molar-refractivity contribution in [3.8, 4) is 11.4 Å². The van der Waals surface area contributed by atoms with Crippen molar-refractivity contribution in [1.82, 2.24) is 20.2 Å². The fourth-order valence-electron chi connectivity index (χ4n) is 1.71. The quantitative estimate of drug-likeness (QED) is 0.798. The highest BCUT2D eigenvalue weighted by molar-refractivity contribution is 5.74. The number of hydrogen-bond acceptors (Lipinski definition) is 5. The number of tetrazole rings is 1. The van der Waals surface area contributed by atoms with Crippen molar-refractivity contribution < 1.29 is 0 Å². The lowest BCUT2D eigenvalue weighted by atomic mass is 10.1. The van der Waals surface area contributed by atoms with E-state index in [9.17, 15) is 0 Å². The average molecular weight is 246 g/mol. The average Bonchev–Trinajstić information content (AvgIpc) is 2.74. The summed E-state index contributed by atoms with van der Waals surface area (Å²) in [6.45, 7) is 5.12. The first-order valence-electron chi connectivity index (χ1n) is 5.99. The third-order valence-electron chi connectivity index (χ3n) is 2.77. The van der Waals surface area contributed by atoms with Crippen LogP contribution in [0.4, 0.5) is 11.4 Å². The van der Waals surface area contributed by atoms with Gasteiger partial charge >= 0.3 is 0 Å². The SMILES string of the molecule is CC(C)CCn1nnnc1-c1ccc(N)cc1N. The van der Waals surface area contributed by atoms with Crippen LogP contribution in [0.25, 0.3) is 11.4 Å². The number of benzene rings is 1. The Balaban J connectivity index is 2.30. The molecule has 0 amide bonds. The molecule has 6 heteroatoms. The van der Waals surface area contributed by atoms with Crippen LogP contribution in [-0.2, 0) is 6.54 Å². The molecule has 0 spiro atoms. The summed E-state index contributed by atoms with van der Waals surface area (Å²) in [5.41, 5.74) is 13.7. The van der Waals surface area contributed by atoms with Crippen LogP contribution in [-0.4, -0.2) is 20.2 Å². The van der Waals surface area contributed by atoms with Gasteiger partial charge in [0, 0.05) is 23.5 Å². The molecule has 96 valence electrons. The van der Waals surface area contributed by atoms with E-state index in [1.165, 1.54) is 0 Å². The molecule has 6 nitrogen and oxygen atoms in total. The van der Waals surface area contributed by atoms with Crippen LogP contribution in [0.15, 0.2) is 18.2 Å². The van der Waals surface area contributed by atoms with Crippen molar-refractivity contribution in [2.75, 3.05) is 11.5 Å². The van der Waals surface area contributed by atoms with Crippen molar-refractivity contribution >= 4 is 11.4 Å². The van der Waals surface area contributed by atoms with Crippen molar-refractivity contribution in [1.29, 1.82) is 0 Å². The Hall–Kier alpha value is -2.11. The van der Waals surface area contributed by atoms with E-state index in [0.717, 1.165) is 18.5 Å². The van der Waals surface area contributed by atoms with Crippen LogP contribution < -0.4 is 11.5 Å². The van der Waals surface area contributed by atoms with Gasteiger partial charge in [-0.05, 0) is 41.0 Å². The Kier molecular flexibility index (Phi) is 3.45. The summed E-state index contributed by atoms with van der Waals surface area (Å²) >= 11 is 0. The lowest BCUT2D eigenvalue weighted by molar-refractivity contribution is 0.481. The van der Waals surface area contributed by atoms with Crippen molar-refractivity contribution in [2.45, 2.75) is 26.8 Å². The fourth-order valence-corrected chi connectivity index (χ4v) is 1.71. The first-order valence-corrected chi connectivity index (χ1v) is 5.99. The van der Waals surface area contributed by atoms with Crippen LogP contribution in [0.1, 0.15) is 20.3 Å². The first-order chi connectivity index (χ1) is 8.58. The molecule has 2 aromatic rings. The van der Waals surface area contributed by atoms with Gasteiger partial charge in [0.2, 0.25) is 0 Å². The van der Waals surface area contributed by atoms with Crippen molar-refractivity contribution in [3.05, 3.63) is 18.2 Å². The predicted octanol–water partition coefficient (Wildman–Crippen LogP) is 1.55. The highest BCUT2D eigenvalue weighted by Crippen LogP contribution is 2.25. The maximum absolute atomic E-state index is 5.95. The van der Waals surface area contributed by atoms with Gasteiger partial charge in [-0.3, -0.25) is 0 Å². The van der Waals surface area contributed by atoms with E-state index in [2.05, 4.69) is 29.4 Å². The normalized spacial score (nSPS) is 11.1. The van der Waals surface area contributed by atoms with Gasteiger partial charge in [0.1, 0.15) is 0 Å². The van der Waals surface area contributed by atoms with E-state index >= 15 is 0 Å². The molecule has 0 bridgehead atoms. The molecule has 0 aliphatic heterocycles. The zero-order chi connectivity index (χ0) is 13.1. The van der Waals surface area contributed by atoms with Gasteiger partial charge in [-0.15, -0.1) is 5.10 Å². The van der Waals surface area contributed by atoms with E-state index in [-0.39, 0.29) is 0 Å². The van der Waals surface area contributed by atoms with Gasteiger partial charge in [-0.1, -0.05) is 13.8 Å². The van der Waals surface area contributed by atoms with Gasteiger partial charge < -0.3 is 11.5 Å². The Labute approximate surface area is 106 Å². The number of hydrogen-bond donors (Lipinski definition) is 2. The Morgan fingerprint density at radius 3 is 2.72 bits per heavy atom. The number of aromatic nitrogens is 4. The summed E-state index contributed by atoms with van der Waals surface area (Å²) in [7, 11) is 0. The second-order valence-electron chi connectivity index (χ2n) is 4.75. The predicted molar refractivity (Wildman–Crippen MR) is 71.5 cm³/mol. The number of rotatable bonds is 4. The molecule has 1 aromatic carbocycles. The van der Waals surface area contributed by atoms with E-state index in [0.29, 0.717) is 23.1 Å². The highest BCUT2D eigenvalue weighted by atomic mass is 15.5. The molecule has 0 saturated heterocycles. The largest absolute Gasteiger partial charge is 0.399 e. The molecule has 4 N–H and O–H groups in total. The van der Waals surface area contributed by atoms with Gasteiger partial charge in [0.15, 0.2) is 5.82 Å². The molecule has 2 rings (SSSR count). The maximum atomic E-state index is 5.95. The molecule has 0 atom stereocenters. The topological polar surface area (TPSA) is 95.6 Å². The Morgan fingerprint density at radius 2 is 2.06 bits per heavy atom. The summed E-state index contributed by atoms with van der Waals surface area (Å²) in [5.74, 6) is 1.29. The fraction of sp³-hybridized carbons (Fsp3) is 0.417. The molecule has 1 aromatic heterocycles. The van der Waals surface area contributed by atoms with E-state index < -0.39 is 0 Å². The standard InChI is InChI=1S/C12H18N6/c1-8(2)5-6-18-12(15-16-17-18)10-4-3-9(13)7-11(10)14/h3-4,7-8H,5-6,13-14H2,1-2H3. The Bertz CT molecular complexity index is 531. The summed E-state index contributed by atoms with van der Waals surface area (Å²) in [6, 6.07) is 5.37. The monoisotopic (exact) mass is 246 g/mol. The third-order valence-corrected chi connectivity index (χ3v) is 2.77. The number of anilines is 2. The second-order valence-corrected chi connectivity index (χ2v) is 4.75. The minimum absolute atomic E-state index is 0.593. The van der Waals surface area contributed by atoms with E-state index in [4.69, 9.17) is 11.5 Å². The molecule has 0 aliphatic carbocycles. The minimum Gasteiger partial charge on any atom is -0.399 e. The highest BCUT2D eigenvalue weighted by Gasteiger charge is 2.12. The summed E-state index contributed by atoms with van der Waals surface area (Å²) in [4.78, 5) is 0. The third kappa shape index (κ3) is 2.58.